The smallest absolute Gasteiger partial charge is 0.260 e. The Labute approximate surface area is 141 Å². The summed E-state index contributed by atoms with van der Waals surface area (Å²) in [5.41, 5.74) is 0.602. The number of hydrogen-bond acceptors (Lipinski definition) is 4. The quantitative estimate of drug-likeness (QED) is 0.910. The van der Waals surface area contributed by atoms with Gasteiger partial charge in [0.25, 0.3) is 5.91 Å². The molecule has 1 amide bonds. The monoisotopic (exact) mass is 339 g/mol. The van der Waals surface area contributed by atoms with Crippen LogP contribution in [0.3, 0.4) is 0 Å². The predicted octanol–water partition coefficient (Wildman–Crippen LogP) is 1.88. The minimum absolute atomic E-state index is 0.00242. The SMILES string of the molecule is Cc1cc(Cl)ccc1OCC(=O)N1C[C@@H]2CCOC[C@]2(CO)C1. The highest BCUT2D eigenvalue weighted by molar-refractivity contribution is 6.30. The van der Waals surface area contributed by atoms with E-state index in [-0.39, 0.29) is 24.5 Å². The number of aliphatic hydroxyl groups excluding tert-OH is 1. The zero-order valence-corrected chi connectivity index (χ0v) is 14.0. The highest BCUT2D eigenvalue weighted by atomic mass is 35.5. The Bertz CT molecular complexity index is 594. The molecule has 0 bridgehead atoms. The number of amides is 1. The molecule has 1 aromatic rings. The van der Waals surface area contributed by atoms with E-state index in [0.717, 1.165) is 12.0 Å². The second kappa shape index (κ2) is 6.67. The minimum Gasteiger partial charge on any atom is -0.483 e. The first-order chi connectivity index (χ1) is 11.0. The molecule has 1 N–H and O–H groups in total. The van der Waals surface area contributed by atoms with Gasteiger partial charge in [-0.3, -0.25) is 4.79 Å². The number of nitrogens with zero attached hydrogens (tertiary/aromatic N) is 1. The number of carbonyl (C=O) groups excluding carboxylic acids is 1. The van der Waals surface area contributed by atoms with E-state index < -0.39 is 0 Å². The lowest BCUT2D eigenvalue weighted by Gasteiger charge is -2.36. The summed E-state index contributed by atoms with van der Waals surface area (Å²) in [5, 5.41) is 10.4. The van der Waals surface area contributed by atoms with Crippen LogP contribution in [0.4, 0.5) is 0 Å². The molecule has 0 aromatic heterocycles. The Kier molecular flexibility index (Phi) is 4.80. The van der Waals surface area contributed by atoms with Crippen LogP contribution in [-0.2, 0) is 9.53 Å². The molecule has 0 saturated carbocycles. The van der Waals surface area contributed by atoms with Gasteiger partial charge in [-0.1, -0.05) is 11.6 Å². The standard InChI is InChI=1S/C17H22ClNO4/c1-12-6-14(18)2-3-15(12)23-8-16(21)19-7-13-4-5-22-11-17(13,9-19)10-20/h2-3,6,13,20H,4-5,7-11H2,1H3/t13-,17+/m0/s1. The van der Waals surface area contributed by atoms with Gasteiger partial charge in [-0.05, 0) is 43.0 Å². The van der Waals surface area contributed by atoms with Crippen molar-refractivity contribution in [3.8, 4) is 5.75 Å². The van der Waals surface area contributed by atoms with Crippen molar-refractivity contribution < 1.29 is 19.4 Å². The first kappa shape index (κ1) is 16.6. The topological polar surface area (TPSA) is 59.0 Å². The fraction of sp³-hybridized carbons (Fsp3) is 0.588. The van der Waals surface area contributed by atoms with Crippen LogP contribution in [0.15, 0.2) is 18.2 Å². The lowest BCUT2D eigenvalue weighted by molar-refractivity contribution is -0.133. The molecule has 2 heterocycles. The summed E-state index contributed by atoms with van der Waals surface area (Å²) in [6.45, 7) is 4.38. The summed E-state index contributed by atoms with van der Waals surface area (Å²) in [4.78, 5) is 14.2. The third-order valence-corrected chi connectivity index (χ3v) is 5.20. The Morgan fingerprint density at radius 3 is 3.09 bits per heavy atom. The normalized spacial score (nSPS) is 26.9. The van der Waals surface area contributed by atoms with Gasteiger partial charge < -0.3 is 19.5 Å². The average molecular weight is 340 g/mol. The lowest BCUT2D eigenvalue weighted by Crippen LogP contribution is -2.43. The number of carbonyl (C=O) groups is 1. The predicted molar refractivity (Wildman–Crippen MR) is 86.7 cm³/mol. The van der Waals surface area contributed by atoms with Gasteiger partial charge in [0.1, 0.15) is 5.75 Å². The van der Waals surface area contributed by atoms with Crippen LogP contribution in [-0.4, -0.2) is 55.4 Å². The van der Waals surface area contributed by atoms with E-state index in [1.165, 1.54) is 0 Å². The molecule has 0 unspecified atom stereocenters. The fourth-order valence-corrected chi connectivity index (χ4v) is 3.74. The van der Waals surface area contributed by atoms with Crippen LogP contribution in [0.25, 0.3) is 0 Å². The summed E-state index contributed by atoms with van der Waals surface area (Å²) >= 11 is 5.92. The van der Waals surface area contributed by atoms with E-state index >= 15 is 0 Å². The van der Waals surface area contributed by atoms with Crippen LogP contribution < -0.4 is 4.74 Å². The van der Waals surface area contributed by atoms with E-state index in [1.807, 2.05) is 13.0 Å². The van der Waals surface area contributed by atoms with E-state index in [0.29, 0.717) is 43.0 Å². The third-order valence-electron chi connectivity index (χ3n) is 4.97. The average Bonchev–Trinajstić information content (AvgIpc) is 2.94. The maximum Gasteiger partial charge on any atom is 0.260 e. The zero-order valence-electron chi connectivity index (χ0n) is 13.3. The molecule has 23 heavy (non-hydrogen) atoms. The van der Waals surface area contributed by atoms with Gasteiger partial charge in [0, 0.05) is 30.1 Å². The molecule has 1 aromatic carbocycles. The second-order valence-electron chi connectivity index (χ2n) is 6.53. The molecule has 2 atom stereocenters. The van der Waals surface area contributed by atoms with Crippen molar-refractivity contribution >= 4 is 17.5 Å². The number of aliphatic hydroxyl groups is 1. The molecule has 6 heteroatoms. The highest BCUT2D eigenvalue weighted by Crippen LogP contribution is 2.40. The van der Waals surface area contributed by atoms with Crippen molar-refractivity contribution in [3.05, 3.63) is 28.8 Å². The van der Waals surface area contributed by atoms with Gasteiger partial charge in [0.05, 0.1) is 13.2 Å². The summed E-state index contributed by atoms with van der Waals surface area (Å²) in [5.74, 6) is 0.920. The van der Waals surface area contributed by atoms with Crippen LogP contribution in [0.2, 0.25) is 5.02 Å². The minimum atomic E-state index is -0.301. The van der Waals surface area contributed by atoms with E-state index in [2.05, 4.69) is 0 Å². The van der Waals surface area contributed by atoms with Gasteiger partial charge in [0.2, 0.25) is 0 Å². The Morgan fingerprint density at radius 1 is 1.57 bits per heavy atom. The van der Waals surface area contributed by atoms with E-state index in [9.17, 15) is 9.90 Å². The molecule has 5 nitrogen and oxygen atoms in total. The van der Waals surface area contributed by atoms with Crippen molar-refractivity contribution in [2.24, 2.45) is 11.3 Å². The van der Waals surface area contributed by atoms with E-state index in [4.69, 9.17) is 21.1 Å². The number of hydrogen-bond donors (Lipinski definition) is 1. The Hall–Kier alpha value is -1.30. The Morgan fingerprint density at radius 2 is 2.39 bits per heavy atom. The number of aryl methyl sites for hydroxylation is 1. The lowest BCUT2D eigenvalue weighted by atomic mass is 9.76. The third kappa shape index (κ3) is 3.32. The van der Waals surface area contributed by atoms with Crippen molar-refractivity contribution in [3.63, 3.8) is 0 Å². The van der Waals surface area contributed by atoms with Crippen LogP contribution in [0.1, 0.15) is 12.0 Å². The first-order valence-electron chi connectivity index (χ1n) is 7.89. The van der Waals surface area contributed by atoms with Crippen molar-refractivity contribution in [2.45, 2.75) is 13.3 Å². The molecule has 2 saturated heterocycles. The zero-order chi connectivity index (χ0) is 16.4. The molecular formula is C17H22ClNO4. The van der Waals surface area contributed by atoms with Gasteiger partial charge in [-0.2, -0.15) is 0 Å². The number of ether oxygens (including phenoxy) is 2. The van der Waals surface area contributed by atoms with Crippen molar-refractivity contribution in [1.82, 2.24) is 4.90 Å². The summed E-state index contributed by atoms with van der Waals surface area (Å²) in [6.07, 6.45) is 0.890. The summed E-state index contributed by atoms with van der Waals surface area (Å²) in [7, 11) is 0. The number of benzene rings is 1. The molecule has 126 valence electrons. The van der Waals surface area contributed by atoms with Gasteiger partial charge in [-0.15, -0.1) is 0 Å². The number of fused-ring (bicyclic) bond motifs is 1. The largest absolute Gasteiger partial charge is 0.483 e. The van der Waals surface area contributed by atoms with Crippen LogP contribution in [0.5, 0.6) is 5.75 Å². The molecular weight excluding hydrogens is 318 g/mol. The van der Waals surface area contributed by atoms with E-state index in [1.54, 1.807) is 17.0 Å². The maximum absolute atomic E-state index is 12.5. The molecule has 2 aliphatic rings. The van der Waals surface area contributed by atoms with Crippen LogP contribution in [0, 0.1) is 18.3 Å². The molecule has 0 radical (unpaired) electrons. The summed E-state index contributed by atoms with van der Waals surface area (Å²) in [6, 6.07) is 5.33. The first-order valence-corrected chi connectivity index (χ1v) is 8.27. The molecule has 2 fully saturated rings. The van der Waals surface area contributed by atoms with Crippen LogP contribution >= 0.6 is 11.6 Å². The highest BCUT2D eigenvalue weighted by Gasteiger charge is 2.49. The molecule has 0 aliphatic carbocycles. The molecule has 3 rings (SSSR count). The molecule has 0 spiro atoms. The van der Waals surface area contributed by atoms with Gasteiger partial charge in [0.15, 0.2) is 6.61 Å². The summed E-state index contributed by atoms with van der Waals surface area (Å²) < 4.78 is 11.2. The number of halogens is 1. The van der Waals surface area contributed by atoms with Crippen molar-refractivity contribution in [2.75, 3.05) is 39.5 Å². The Balaban J connectivity index is 1.61. The second-order valence-corrected chi connectivity index (χ2v) is 6.97. The van der Waals surface area contributed by atoms with Gasteiger partial charge in [-0.25, -0.2) is 0 Å². The maximum atomic E-state index is 12.5. The molecule has 2 aliphatic heterocycles. The fourth-order valence-electron chi connectivity index (χ4n) is 3.52. The number of likely N-dealkylation sites (tertiary alicyclic amines) is 1. The van der Waals surface area contributed by atoms with Gasteiger partial charge >= 0.3 is 0 Å². The number of rotatable bonds is 4. The van der Waals surface area contributed by atoms with Crippen molar-refractivity contribution in [1.29, 1.82) is 0 Å².